The summed E-state index contributed by atoms with van der Waals surface area (Å²) in [4.78, 5) is 7.49. The number of aromatic nitrogens is 1. The molecule has 0 atom stereocenters. The smallest absolute Gasteiger partial charge is 0.129 e. The van der Waals surface area contributed by atoms with Crippen molar-refractivity contribution in [3.05, 3.63) is 71.9 Å². The number of hydrogen-bond donors (Lipinski definition) is 0. The highest BCUT2D eigenvalue weighted by Crippen LogP contribution is 2.26. The van der Waals surface area contributed by atoms with Crippen LogP contribution in [-0.4, -0.2) is 18.1 Å². The van der Waals surface area contributed by atoms with E-state index in [-0.39, 0.29) is 0 Å². The van der Waals surface area contributed by atoms with Crippen molar-refractivity contribution in [2.75, 3.05) is 18.0 Å². The van der Waals surface area contributed by atoms with Gasteiger partial charge in [0.15, 0.2) is 0 Å². The molecular formula is C21H22N2. The molecule has 0 saturated carbocycles. The third-order valence-electron chi connectivity index (χ3n) is 4.70. The van der Waals surface area contributed by atoms with Gasteiger partial charge in [-0.3, -0.25) is 0 Å². The van der Waals surface area contributed by atoms with Crippen molar-refractivity contribution in [1.29, 1.82) is 0 Å². The Morgan fingerprint density at radius 1 is 0.826 bits per heavy atom. The van der Waals surface area contributed by atoms with Crippen LogP contribution in [0.1, 0.15) is 30.5 Å². The normalized spacial score (nSPS) is 15.0. The van der Waals surface area contributed by atoms with Crippen molar-refractivity contribution < 1.29 is 0 Å². The summed E-state index contributed by atoms with van der Waals surface area (Å²) in [6.45, 7) is 2.27. The first-order valence-electron chi connectivity index (χ1n) is 8.58. The summed E-state index contributed by atoms with van der Waals surface area (Å²) >= 11 is 0. The minimum absolute atomic E-state index is 0.892. The molecule has 0 radical (unpaired) electrons. The molecule has 1 fully saturated rings. The second-order valence-corrected chi connectivity index (χ2v) is 6.36. The largest absolute Gasteiger partial charge is 0.357 e. The zero-order valence-electron chi connectivity index (χ0n) is 13.4. The molecular weight excluding hydrogens is 280 g/mol. The van der Waals surface area contributed by atoms with Gasteiger partial charge in [0.05, 0.1) is 5.69 Å². The van der Waals surface area contributed by atoms with E-state index in [1.807, 2.05) is 0 Å². The van der Waals surface area contributed by atoms with Gasteiger partial charge in [0.1, 0.15) is 5.82 Å². The Hall–Kier alpha value is -2.35. The predicted molar refractivity (Wildman–Crippen MR) is 97.1 cm³/mol. The van der Waals surface area contributed by atoms with E-state index in [0.29, 0.717) is 0 Å². The van der Waals surface area contributed by atoms with Crippen molar-refractivity contribution in [1.82, 2.24) is 4.98 Å². The summed E-state index contributed by atoms with van der Waals surface area (Å²) in [5, 5.41) is 2.58. The molecule has 0 aliphatic carbocycles. The van der Waals surface area contributed by atoms with Crippen LogP contribution in [0.2, 0.25) is 0 Å². The van der Waals surface area contributed by atoms with E-state index in [4.69, 9.17) is 4.98 Å². The Morgan fingerprint density at radius 3 is 2.39 bits per heavy atom. The third kappa shape index (κ3) is 3.07. The van der Waals surface area contributed by atoms with Gasteiger partial charge in [-0.2, -0.15) is 0 Å². The summed E-state index contributed by atoms with van der Waals surface area (Å²) in [7, 11) is 0. The third-order valence-corrected chi connectivity index (χ3v) is 4.70. The van der Waals surface area contributed by atoms with Gasteiger partial charge in [0.2, 0.25) is 0 Å². The van der Waals surface area contributed by atoms with Gasteiger partial charge in [-0.15, -0.1) is 0 Å². The minimum atomic E-state index is 0.892. The van der Waals surface area contributed by atoms with E-state index in [0.717, 1.165) is 25.3 Å². The fourth-order valence-corrected chi connectivity index (χ4v) is 3.46. The first kappa shape index (κ1) is 14.3. The molecule has 23 heavy (non-hydrogen) atoms. The highest BCUT2D eigenvalue weighted by molar-refractivity contribution is 5.87. The van der Waals surface area contributed by atoms with E-state index in [1.54, 1.807) is 0 Å². The molecule has 0 spiro atoms. The van der Waals surface area contributed by atoms with Crippen LogP contribution >= 0.6 is 0 Å². The monoisotopic (exact) mass is 302 g/mol. The Balaban J connectivity index is 1.77. The molecule has 116 valence electrons. The summed E-state index contributed by atoms with van der Waals surface area (Å²) < 4.78 is 0. The SMILES string of the molecule is c1ccc(Cc2nc(N3CCCCC3)cc3ccccc23)cc1. The number of nitrogens with zero attached hydrogens (tertiary/aromatic N) is 2. The highest BCUT2D eigenvalue weighted by Gasteiger charge is 2.14. The summed E-state index contributed by atoms with van der Waals surface area (Å²) in [6, 6.07) is 21.5. The molecule has 1 aliphatic rings. The van der Waals surface area contributed by atoms with E-state index >= 15 is 0 Å². The van der Waals surface area contributed by atoms with Crippen LogP contribution in [0.25, 0.3) is 10.8 Å². The molecule has 4 rings (SSSR count). The van der Waals surface area contributed by atoms with E-state index in [2.05, 4.69) is 65.6 Å². The molecule has 0 bridgehead atoms. The minimum Gasteiger partial charge on any atom is -0.357 e. The number of rotatable bonds is 3. The van der Waals surface area contributed by atoms with Crippen molar-refractivity contribution in [3.8, 4) is 0 Å². The lowest BCUT2D eigenvalue weighted by molar-refractivity contribution is 0.573. The fourth-order valence-electron chi connectivity index (χ4n) is 3.46. The predicted octanol–water partition coefficient (Wildman–Crippen LogP) is 4.82. The molecule has 2 heteroatoms. The van der Waals surface area contributed by atoms with Gasteiger partial charge < -0.3 is 4.90 Å². The number of anilines is 1. The zero-order chi connectivity index (χ0) is 15.5. The summed E-state index contributed by atoms with van der Waals surface area (Å²) in [5.74, 6) is 1.15. The molecule has 0 N–H and O–H groups in total. The molecule has 2 nitrogen and oxygen atoms in total. The van der Waals surface area contributed by atoms with Crippen molar-refractivity contribution in [2.24, 2.45) is 0 Å². The van der Waals surface area contributed by atoms with Crippen molar-refractivity contribution in [2.45, 2.75) is 25.7 Å². The molecule has 1 saturated heterocycles. The first-order chi connectivity index (χ1) is 11.4. The standard InChI is InChI=1S/C21H22N2/c1-3-9-17(10-4-1)15-20-19-12-6-5-11-18(19)16-21(22-20)23-13-7-2-8-14-23/h1,3-6,9-12,16H,2,7-8,13-15H2. The number of pyridine rings is 1. The number of hydrogen-bond acceptors (Lipinski definition) is 2. The van der Waals surface area contributed by atoms with Crippen LogP contribution < -0.4 is 4.90 Å². The maximum atomic E-state index is 5.05. The maximum absolute atomic E-state index is 5.05. The lowest BCUT2D eigenvalue weighted by Gasteiger charge is -2.28. The molecule has 0 amide bonds. The molecule has 0 unspecified atom stereocenters. The maximum Gasteiger partial charge on any atom is 0.129 e. The van der Waals surface area contributed by atoms with Crippen LogP contribution in [-0.2, 0) is 6.42 Å². The second kappa shape index (κ2) is 6.41. The topological polar surface area (TPSA) is 16.1 Å². The molecule has 1 aromatic heterocycles. The van der Waals surface area contributed by atoms with Gasteiger partial charge in [-0.1, -0.05) is 54.6 Å². The fraction of sp³-hybridized carbons (Fsp3) is 0.286. The van der Waals surface area contributed by atoms with Crippen LogP contribution in [0.4, 0.5) is 5.82 Å². The molecule has 1 aliphatic heterocycles. The zero-order valence-corrected chi connectivity index (χ0v) is 13.4. The molecule has 3 aromatic rings. The molecule has 2 aromatic carbocycles. The summed E-state index contributed by atoms with van der Waals surface area (Å²) in [6.07, 6.45) is 4.80. The quantitative estimate of drug-likeness (QED) is 0.690. The van der Waals surface area contributed by atoms with Gasteiger partial charge in [-0.25, -0.2) is 4.98 Å². The van der Waals surface area contributed by atoms with Gasteiger partial charge >= 0.3 is 0 Å². The lowest BCUT2D eigenvalue weighted by Crippen LogP contribution is -2.30. The molecule has 2 heterocycles. The summed E-state index contributed by atoms with van der Waals surface area (Å²) in [5.41, 5.74) is 2.51. The van der Waals surface area contributed by atoms with E-state index < -0.39 is 0 Å². The number of fused-ring (bicyclic) bond motifs is 1. The average molecular weight is 302 g/mol. The van der Waals surface area contributed by atoms with Crippen LogP contribution in [0.5, 0.6) is 0 Å². The Bertz CT molecular complexity index is 789. The average Bonchev–Trinajstić information content (AvgIpc) is 2.63. The van der Waals surface area contributed by atoms with Gasteiger partial charge in [0, 0.05) is 24.9 Å². The Kier molecular flexibility index (Phi) is 3.97. The van der Waals surface area contributed by atoms with Gasteiger partial charge in [0.25, 0.3) is 0 Å². The number of benzene rings is 2. The Labute approximate surface area is 137 Å². The highest BCUT2D eigenvalue weighted by atomic mass is 15.2. The van der Waals surface area contributed by atoms with E-state index in [1.165, 1.54) is 41.3 Å². The second-order valence-electron chi connectivity index (χ2n) is 6.36. The Morgan fingerprint density at radius 2 is 1.57 bits per heavy atom. The van der Waals surface area contributed by atoms with Crippen LogP contribution in [0.15, 0.2) is 60.7 Å². The van der Waals surface area contributed by atoms with E-state index in [9.17, 15) is 0 Å². The van der Waals surface area contributed by atoms with Crippen LogP contribution in [0.3, 0.4) is 0 Å². The van der Waals surface area contributed by atoms with Crippen molar-refractivity contribution in [3.63, 3.8) is 0 Å². The van der Waals surface area contributed by atoms with Crippen LogP contribution in [0, 0.1) is 0 Å². The first-order valence-corrected chi connectivity index (χ1v) is 8.58. The number of piperidine rings is 1. The lowest BCUT2D eigenvalue weighted by atomic mass is 10.0. The van der Waals surface area contributed by atoms with Crippen molar-refractivity contribution >= 4 is 16.6 Å². The van der Waals surface area contributed by atoms with Gasteiger partial charge in [-0.05, 0) is 36.3 Å².